The Bertz CT molecular complexity index is 1190. The number of hydrogen-bond donors (Lipinski definition) is 2. The second kappa shape index (κ2) is 10.8. The highest BCUT2D eigenvalue weighted by Gasteiger charge is 2.40. The van der Waals surface area contributed by atoms with Crippen molar-refractivity contribution in [3.05, 3.63) is 46.8 Å². The van der Waals surface area contributed by atoms with Gasteiger partial charge in [-0.15, -0.1) is 0 Å². The molecule has 1 aromatic carbocycles. The minimum Gasteiger partial charge on any atom is -0.481 e. The van der Waals surface area contributed by atoms with Gasteiger partial charge >= 0.3 is 5.97 Å². The van der Waals surface area contributed by atoms with Crippen LogP contribution in [0.25, 0.3) is 11.1 Å². The molecule has 0 unspecified atom stereocenters. The maximum absolute atomic E-state index is 13.7. The van der Waals surface area contributed by atoms with E-state index in [1.54, 1.807) is 0 Å². The summed E-state index contributed by atoms with van der Waals surface area (Å²) in [6.07, 6.45) is 12.7. The van der Waals surface area contributed by atoms with Gasteiger partial charge in [-0.3, -0.25) is 9.59 Å². The first-order chi connectivity index (χ1) is 18.4. The third-order valence-electron chi connectivity index (χ3n) is 10.0. The van der Waals surface area contributed by atoms with Crippen LogP contribution in [0.2, 0.25) is 0 Å². The molecule has 5 rings (SSSR count). The van der Waals surface area contributed by atoms with Crippen molar-refractivity contribution in [2.24, 2.45) is 18.9 Å². The summed E-state index contributed by atoms with van der Waals surface area (Å²) in [5, 5.41) is 12.6. The lowest BCUT2D eigenvalue weighted by Crippen LogP contribution is -2.39. The molecule has 39 heavy (non-hydrogen) atoms. The van der Waals surface area contributed by atoms with Crippen LogP contribution in [0.15, 0.2) is 24.3 Å². The van der Waals surface area contributed by atoms with Crippen LogP contribution >= 0.6 is 0 Å². The van der Waals surface area contributed by atoms with E-state index in [1.165, 1.54) is 72.9 Å². The predicted molar refractivity (Wildman–Crippen MR) is 157 cm³/mol. The number of aliphatic carboxylic acids is 1. The zero-order chi connectivity index (χ0) is 27.9. The molecular formula is C34H48N2O3. The van der Waals surface area contributed by atoms with Gasteiger partial charge in [0.1, 0.15) is 5.69 Å². The van der Waals surface area contributed by atoms with E-state index in [-0.39, 0.29) is 28.7 Å². The molecule has 212 valence electrons. The lowest BCUT2D eigenvalue weighted by Gasteiger charge is -2.27. The highest BCUT2D eigenvalue weighted by atomic mass is 16.4. The molecule has 1 amide bonds. The predicted octanol–water partition coefficient (Wildman–Crippen LogP) is 7.54. The zero-order valence-electron chi connectivity index (χ0n) is 24.7. The number of nitrogens with one attached hydrogen (secondary N) is 1. The number of aromatic nitrogens is 1. The first-order valence-corrected chi connectivity index (χ1v) is 15.3. The molecule has 1 heterocycles. The van der Waals surface area contributed by atoms with Gasteiger partial charge in [0, 0.05) is 24.3 Å². The summed E-state index contributed by atoms with van der Waals surface area (Å²) in [5.74, 6) is -0.357. The summed E-state index contributed by atoms with van der Waals surface area (Å²) >= 11 is 0. The standard InChI is InChI=1S/C34H48N2O3/c1-33(2,3)25-18-24(19-26(20-25)34(4)15-16-34)28-21-30(36(5)29(28)17-22-9-7-6-8-10-22)31(37)35-27-13-11-23(12-14-27)32(38)39/h18-23,27H,6-17H2,1-5H3,(H,35,37)(H,38,39). The lowest BCUT2D eigenvalue weighted by atomic mass is 9.81. The minimum atomic E-state index is -0.712. The Kier molecular flexibility index (Phi) is 7.74. The van der Waals surface area contributed by atoms with Crippen LogP contribution in [0, 0.1) is 11.8 Å². The van der Waals surface area contributed by atoms with E-state index in [9.17, 15) is 14.7 Å². The largest absolute Gasteiger partial charge is 0.481 e. The number of rotatable bonds is 7. The summed E-state index contributed by atoms with van der Waals surface area (Å²) in [4.78, 5) is 25.0. The molecule has 0 saturated heterocycles. The Balaban J connectivity index is 1.50. The third kappa shape index (κ3) is 6.12. The van der Waals surface area contributed by atoms with Gasteiger partial charge in [-0.25, -0.2) is 0 Å². The van der Waals surface area contributed by atoms with Crippen molar-refractivity contribution in [2.75, 3.05) is 0 Å². The molecule has 3 saturated carbocycles. The van der Waals surface area contributed by atoms with E-state index in [0.717, 1.165) is 25.0 Å². The van der Waals surface area contributed by atoms with Crippen molar-refractivity contribution in [1.29, 1.82) is 0 Å². The van der Waals surface area contributed by atoms with Gasteiger partial charge in [0.2, 0.25) is 0 Å². The number of carbonyl (C=O) groups excluding carboxylic acids is 1. The van der Waals surface area contributed by atoms with Crippen LogP contribution in [-0.2, 0) is 29.1 Å². The second-order valence-electron chi connectivity index (χ2n) is 14.1. The normalized spacial score (nSPS) is 23.4. The Labute approximate surface area is 234 Å². The van der Waals surface area contributed by atoms with Gasteiger partial charge in [0.15, 0.2) is 0 Å². The van der Waals surface area contributed by atoms with Crippen molar-refractivity contribution in [3.63, 3.8) is 0 Å². The monoisotopic (exact) mass is 532 g/mol. The Morgan fingerprint density at radius 1 is 0.974 bits per heavy atom. The van der Waals surface area contributed by atoms with Gasteiger partial charge in [-0.2, -0.15) is 0 Å². The number of amides is 1. The molecule has 1 aromatic heterocycles. The molecule has 0 atom stereocenters. The Hall–Kier alpha value is -2.56. The highest BCUT2D eigenvalue weighted by Crippen LogP contribution is 2.49. The van der Waals surface area contributed by atoms with E-state index >= 15 is 0 Å². The van der Waals surface area contributed by atoms with Crippen molar-refractivity contribution < 1.29 is 14.7 Å². The van der Waals surface area contributed by atoms with Crippen LogP contribution < -0.4 is 5.32 Å². The molecule has 0 radical (unpaired) electrons. The van der Waals surface area contributed by atoms with Gasteiger partial charge in [0.05, 0.1) is 5.92 Å². The second-order valence-corrected chi connectivity index (χ2v) is 14.1. The Morgan fingerprint density at radius 3 is 2.23 bits per heavy atom. The number of hydrogen-bond acceptors (Lipinski definition) is 2. The van der Waals surface area contributed by atoms with Gasteiger partial charge in [-0.05, 0) is 84.5 Å². The first-order valence-electron chi connectivity index (χ1n) is 15.3. The molecule has 2 N–H and O–H groups in total. The molecule has 3 aliphatic carbocycles. The zero-order valence-corrected chi connectivity index (χ0v) is 24.7. The molecule has 5 nitrogen and oxygen atoms in total. The maximum atomic E-state index is 13.7. The van der Waals surface area contributed by atoms with Gasteiger partial charge in [-0.1, -0.05) is 78.0 Å². The van der Waals surface area contributed by atoms with Gasteiger partial charge in [0.25, 0.3) is 5.91 Å². The number of nitrogens with zero attached hydrogens (tertiary/aromatic N) is 1. The van der Waals surface area contributed by atoms with Crippen LogP contribution in [-0.4, -0.2) is 27.6 Å². The molecule has 2 aromatic rings. The topological polar surface area (TPSA) is 71.3 Å². The molecule has 0 bridgehead atoms. The molecule has 5 heteroatoms. The summed E-state index contributed by atoms with van der Waals surface area (Å²) in [7, 11) is 2.06. The van der Waals surface area contributed by atoms with Crippen molar-refractivity contribution >= 4 is 11.9 Å². The van der Waals surface area contributed by atoms with E-state index in [1.807, 2.05) is 0 Å². The molecule has 3 fully saturated rings. The number of carbonyl (C=O) groups is 2. The SMILES string of the molecule is Cn1c(C(=O)NC2CCC(C(=O)O)CC2)cc(-c2cc(C(C)(C)C)cc(C3(C)CC3)c2)c1CC1CCCCC1. The quantitative estimate of drug-likeness (QED) is 0.387. The van der Waals surface area contributed by atoms with Crippen LogP contribution in [0.3, 0.4) is 0 Å². The maximum Gasteiger partial charge on any atom is 0.306 e. The molecule has 3 aliphatic rings. The van der Waals surface area contributed by atoms with E-state index in [4.69, 9.17) is 0 Å². The van der Waals surface area contributed by atoms with Gasteiger partial charge < -0.3 is 15.0 Å². The van der Waals surface area contributed by atoms with Crippen LogP contribution in [0.4, 0.5) is 0 Å². The van der Waals surface area contributed by atoms with Crippen LogP contribution in [0.5, 0.6) is 0 Å². The van der Waals surface area contributed by atoms with Crippen molar-refractivity contribution in [1.82, 2.24) is 9.88 Å². The molecular weight excluding hydrogens is 484 g/mol. The number of carboxylic acid groups (broad SMARTS) is 1. The fourth-order valence-corrected chi connectivity index (χ4v) is 6.81. The van der Waals surface area contributed by atoms with E-state index in [2.05, 4.69) is 68.9 Å². The fraction of sp³-hybridized carbons (Fsp3) is 0.647. The van der Waals surface area contributed by atoms with Crippen LogP contribution in [0.1, 0.15) is 126 Å². The summed E-state index contributed by atoms with van der Waals surface area (Å²) in [6.45, 7) is 9.25. The lowest BCUT2D eigenvalue weighted by molar-refractivity contribution is -0.142. The molecule has 0 spiro atoms. The summed E-state index contributed by atoms with van der Waals surface area (Å²) in [6, 6.07) is 9.36. The summed E-state index contributed by atoms with van der Waals surface area (Å²) in [5.41, 5.74) is 7.55. The highest BCUT2D eigenvalue weighted by molar-refractivity contribution is 5.95. The minimum absolute atomic E-state index is 0.0335. The number of carboxylic acids is 1. The third-order valence-corrected chi connectivity index (χ3v) is 10.0. The average Bonchev–Trinajstić information content (AvgIpc) is 3.58. The number of benzene rings is 1. The Morgan fingerprint density at radius 2 is 1.64 bits per heavy atom. The van der Waals surface area contributed by atoms with Crippen molar-refractivity contribution in [2.45, 2.75) is 122 Å². The molecule has 0 aliphatic heterocycles. The first kappa shape index (κ1) is 28.0. The van der Waals surface area contributed by atoms with E-state index in [0.29, 0.717) is 18.8 Å². The summed E-state index contributed by atoms with van der Waals surface area (Å²) < 4.78 is 2.16. The fourth-order valence-electron chi connectivity index (χ4n) is 6.81. The average molecular weight is 533 g/mol. The van der Waals surface area contributed by atoms with E-state index < -0.39 is 5.97 Å². The van der Waals surface area contributed by atoms with Crippen molar-refractivity contribution in [3.8, 4) is 11.1 Å². The smallest absolute Gasteiger partial charge is 0.306 e.